The highest BCUT2D eigenvalue weighted by molar-refractivity contribution is 6.07. The maximum Gasteiger partial charge on any atom is 0.327 e. The molecule has 28 heavy (non-hydrogen) atoms. The van der Waals surface area contributed by atoms with Gasteiger partial charge in [-0.25, -0.2) is 14.8 Å². The van der Waals surface area contributed by atoms with Crippen LogP contribution >= 0.6 is 0 Å². The van der Waals surface area contributed by atoms with Gasteiger partial charge in [0.1, 0.15) is 23.5 Å². The van der Waals surface area contributed by atoms with Crippen molar-refractivity contribution in [2.45, 2.75) is 39.2 Å². The average molecular weight is 390 g/mol. The van der Waals surface area contributed by atoms with E-state index in [-0.39, 0.29) is 17.9 Å². The number of amides is 3. The van der Waals surface area contributed by atoms with E-state index < -0.39 is 5.54 Å². The maximum atomic E-state index is 13.3. The van der Waals surface area contributed by atoms with E-state index in [9.17, 15) is 9.59 Å². The fourth-order valence-electron chi connectivity index (χ4n) is 4.02. The highest BCUT2D eigenvalue weighted by atomic mass is 16.5. The molecular weight excluding hydrogens is 360 g/mol. The van der Waals surface area contributed by atoms with Gasteiger partial charge in [0.05, 0.1) is 13.2 Å². The average Bonchev–Trinajstić information content (AvgIpc) is 2.85. The number of imide groups is 1. The molecule has 2 aliphatic heterocycles. The lowest BCUT2D eigenvalue weighted by Crippen LogP contribution is -2.57. The van der Waals surface area contributed by atoms with E-state index in [4.69, 9.17) is 10.5 Å². The van der Waals surface area contributed by atoms with E-state index in [1.807, 2.05) is 6.92 Å². The molecule has 0 aromatic carbocycles. The Morgan fingerprint density at radius 1 is 1.25 bits per heavy atom. The standard InChI is InChI=1S/C19H30N6O3/c1-4-28-10-9-24-17(26)19(25(18(24)27)12-14(2)3)5-7-23(8-6-19)16-11-15(20)21-13-22-16/h11,13-14H,4-10,12H2,1-3H3,(H2,20,21,22). The van der Waals surface area contributed by atoms with Crippen molar-refractivity contribution in [1.29, 1.82) is 0 Å². The van der Waals surface area contributed by atoms with E-state index >= 15 is 0 Å². The van der Waals surface area contributed by atoms with Crippen LogP contribution in [0.4, 0.5) is 16.4 Å². The van der Waals surface area contributed by atoms with Crippen LogP contribution in [0.1, 0.15) is 33.6 Å². The zero-order chi connectivity index (χ0) is 20.3. The molecule has 154 valence electrons. The number of hydrogen-bond acceptors (Lipinski definition) is 7. The Morgan fingerprint density at radius 2 is 1.96 bits per heavy atom. The molecule has 9 heteroatoms. The number of hydrogen-bond donors (Lipinski definition) is 1. The number of piperidine rings is 1. The van der Waals surface area contributed by atoms with Crippen LogP contribution < -0.4 is 10.6 Å². The summed E-state index contributed by atoms with van der Waals surface area (Å²) in [5.74, 6) is 1.35. The lowest BCUT2D eigenvalue weighted by atomic mass is 9.85. The van der Waals surface area contributed by atoms with Crippen molar-refractivity contribution in [1.82, 2.24) is 19.8 Å². The smallest absolute Gasteiger partial charge is 0.327 e. The van der Waals surface area contributed by atoms with Gasteiger partial charge >= 0.3 is 6.03 Å². The Morgan fingerprint density at radius 3 is 2.57 bits per heavy atom. The first-order valence-corrected chi connectivity index (χ1v) is 9.93. The minimum atomic E-state index is -0.775. The first-order valence-electron chi connectivity index (χ1n) is 9.93. The van der Waals surface area contributed by atoms with Gasteiger partial charge in [-0.15, -0.1) is 0 Å². The minimum absolute atomic E-state index is 0.0975. The topological polar surface area (TPSA) is 105 Å². The SMILES string of the molecule is CCOCCN1C(=O)N(CC(C)C)C2(CCN(c3cc(N)ncn3)CC2)C1=O. The summed E-state index contributed by atoms with van der Waals surface area (Å²) in [6.45, 7) is 9.08. The van der Waals surface area contributed by atoms with Crippen LogP contribution in [0, 0.1) is 5.92 Å². The Hall–Kier alpha value is -2.42. The summed E-state index contributed by atoms with van der Waals surface area (Å²) < 4.78 is 5.37. The lowest BCUT2D eigenvalue weighted by molar-refractivity contribution is -0.134. The fraction of sp³-hybridized carbons (Fsp3) is 0.684. The van der Waals surface area contributed by atoms with E-state index in [2.05, 4.69) is 28.7 Å². The molecule has 3 rings (SSSR count). The molecule has 0 unspecified atom stereocenters. The summed E-state index contributed by atoms with van der Waals surface area (Å²) in [5, 5.41) is 0. The number of rotatable bonds is 7. The molecule has 0 bridgehead atoms. The van der Waals surface area contributed by atoms with Gasteiger partial charge in [-0.3, -0.25) is 9.69 Å². The van der Waals surface area contributed by atoms with Gasteiger partial charge in [0.25, 0.3) is 5.91 Å². The Balaban J connectivity index is 1.79. The lowest BCUT2D eigenvalue weighted by Gasteiger charge is -2.43. The molecule has 3 amide bonds. The first kappa shape index (κ1) is 20.3. The summed E-state index contributed by atoms with van der Waals surface area (Å²) in [6.07, 6.45) is 2.58. The van der Waals surface area contributed by atoms with Crippen molar-refractivity contribution in [3.63, 3.8) is 0 Å². The molecule has 2 aliphatic rings. The second-order valence-corrected chi connectivity index (χ2v) is 7.76. The molecule has 0 saturated carbocycles. The van der Waals surface area contributed by atoms with Gasteiger partial charge in [0.15, 0.2) is 0 Å². The van der Waals surface area contributed by atoms with Gasteiger partial charge in [-0.1, -0.05) is 13.8 Å². The first-order chi connectivity index (χ1) is 13.4. The normalized spacial score (nSPS) is 19.4. The highest BCUT2D eigenvalue weighted by Crippen LogP contribution is 2.38. The van der Waals surface area contributed by atoms with Crippen molar-refractivity contribution in [3.8, 4) is 0 Å². The summed E-state index contributed by atoms with van der Waals surface area (Å²) in [5.41, 5.74) is 5.00. The minimum Gasteiger partial charge on any atom is -0.384 e. The van der Waals surface area contributed by atoms with Crippen LogP contribution in [-0.4, -0.2) is 76.6 Å². The predicted molar refractivity (Wildman–Crippen MR) is 106 cm³/mol. The molecule has 1 spiro atoms. The number of nitrogens with two attached hydrogens (primary N) is 1. The molecule has 2 saturated heterocycles. The Kier molecular flexibility index (Phi) is 6.02. The van der Waals surface area contributed by atoms with E-state index in [0.29, 0.717) is 58.1 Å². The van der Waals surface area contributed by atoms with Crippen molar-refractivity contribution in [3.05, 3.63) is 12.4 Å². The molecule has 1 aromatic rings. The molecular formula is C19H30N6O3. The van der Waals surface area contributed by atoms with Crippen molar-refractivity contribution in [2.75, 3.05) is 50.0 Å². The third kappa shape index (κ3) is 3.76. The number of anilines is 2. The summed E-state index contributed by atoms with van der Waals surface area (Å²) in [7, 11) is 0. The number of nitrogens with zero attached hydrogens (tertiary/aromatic N) is 5. The second kappa shape index (κ2) is 8.30. The second-order valence-electron chi connectivity index (χ2n) is 7.76. The van der Waals surface area contributed by atoms with Crippen LogP contribution in [0.3, 0.4) is 0 Å². The molecule has 0 atom stereocenters. The highest BCUT2D eigenvalue weighted by Gasteiger charge is 2.57. The molecule has 2 N–H and O–H groups in total. The van der Waals surface area contributed by atoms with Crippen LogP contribution in [0.5, 0.6) is 0 Å². The summed E-state index contributed by atoms with van der Waals surface area (Å²) >= 11 is 0. The van der Waals surface area contributed by atoms with Gasteiger partial charge in [0, 0.05) is 32.3 Å². The monoisotopic (exact) mass is 390 g/mol. The summed E-state index contributed by atoms with van der Waals surface area (Å²) in [6, 6.07) is 1.54. The van der Waals surface area contributed by atoms with Crippen molar-refractivity contribution < 1.29 is 14.3 Å². The van der Waals surface area contributed by atoms with Crippen LogP contribution in [-0.2, 0) is 9.53 Å². The van der Waals surface area contributed by atoms with Gasteiger partial charge in [-0.2, -0.15) is 0 Å². The third-order valence-electron chi connectivity index (χ3n) is 5.42. The molecule has 9 nitrogen and oxygen atoms in total. The predicted octanol–water partition coefficient (Wildman–Crippen LogP) is 1.35. The fourth-order valence-corrected chi connectivity index (χ4v) is 4.02. The van der Waals surface area contributed by atoms with Gasteiger partial charge in [0.2, 0.25) is 0 Å². The van der Waals surface area contributed by atoms with Crippen molar-refractivity contribution >= 4 is 23.6 Å². The van der Waals surface area contributed by atoms with Gasteiger partial charge < -0.3 is 20.3 Å². The van der Waals surface area contributed by atoms with Crippen LogP contribution in [0.15, 0.2) is 12.4 Å². The van der Waals surface area contributed by atoms with Crippen molar-refractivity contribution in [2.24, 2.45) is 5.92 Å². The largest absolute Gasteiger partial charge is 0.384 e. The van der Waals surface area contributed by atoms with Gasteiger partial charge in [-0.05, 0) is 25.7 Å². The maximum absolute atomic E-state index is 13.3. The number of carbonyl (C=O) groups excluding carboxylic acids is 2. The molecule has 0 aliphatic carbocycles. The van der Waals surface area contributed by atoms with E-state index in [0.717, 1.165) is 5.82 Å². The van der Waals surface area contributed by atoms with E-state index in [1.165, 1.54) is 11.2 Å². The molecule has 1 aromatic heterocycles. The molecule has 3 heterocycles. The van der Waals surface area contributed by atoms with Crippen LogP contribution in [0.25, 0.3) is 0 Å². The molecule has 2 fully saturated rings. The number of carbonyl (C=O) groups is 2. The third-order valence-corrected chi connectivity index (χ3v) is 5.42. The zero-order valence-electron chi connectivity index (χ0n) is 16.9. The summed E-state index contributed by atoms with van der Waals surface area (Å²) in [4.78, 5) is 39.8. The quantitative estimate of drug-likeness (QED) is 0.553. The number of urea groups is 1. The Labute approximate surface area is 165 Å². The Bertz CT molecular complexity index is 717. The zero-order valence-corrected chi connectivity index (χ0v) is 16.9. The van der Waals surface area contributed by atoms with Crippen LogP contribution in [0.2, 0.25) is 0 Å². The molecule has 0 radical (unpaired) electrons. The van der Waals surface area contributed by atoms with E-state index in [1.54, 1.807) is 11.0 Å². The number of aromatic nitrogens is 2. The number of nitrogen functional groups attached to an aromatic ring is 1. The number of ether oxygens (including phenoxy) is 1.